The minimum Gasteiger partial charge on any atom is -0.391 e. The predicted molar refractivity (Wildman–Crippen MR) is 84.3 cm³/mol. The Bertz CT molecular complexity index is 530. The fraction of sp³-hybridized carbons (Fsp3) is 0.500. The molecule has 0 radical (unpaired) electrons. The molecule has 1 aromatic rings. The standard InChI is InChI=1S/C16H25NO2S/c1-4-5-6-7-8-15(17-3)13-20(18,19)16-11-9-14(2)10-12-16/h9-13,17H,4-8H2,1-3H3/b15-13+. The van der Waals surface area contributed by atoms with Crippen molar-refractivity contribution in [3.8, 4) is 0 Å². The van der Waals surface area contributed by atoms with Crippen LogP contribution in [-0.2, 0) is 9.84 Å². The van der Waals surface area contributed by atoms with Gasteiger partial charge in [0.2, 0.25) is 9.84 Å². The molecule has 0 amide bonds. The van der Waals surface area contributed by atoms with Gasteiger partial charge in [-0.3, -0.25) is 0 Å². The lowest BCUT2D eigenvalue weighted by Crippen LogP contribution is -2.09. The first kappa shape index (κ1) is 16.8. The van der Waals surface area contributed by atoms with E-state index in [0.29, 0.717) is 4.90 Å². The first-order chi connectivity index (χ1) is 9.49. The quantitative estimate of drug-likeness (QED) is 0.742. The molecular formula is C16H25NO2S. The van der Waals surface area contributed by atoms with Crippen molar-refractivity contribution in [2.45, 2.75) is 50.8 Å². The number of hydrogen-bond donors (Lipinski definition) is 1. The lowest BCUT2D eigenvalue weighted by Gasteiger charge is -2.07. The molecular weight excluding hydrogens is 270 g/mol. The van der Waals surface area contributed by atoms with Crippen molar-refractivity contribution in [2.24, 2.45) is 0 Å². The number of hydrogen-bond acceptors (Lipinski definition) is 3. The molecule has 1 N–H and O–H groups in total. The molecule has 0 bridgehead atoms. The van der Waals surface area contributed by atoms with Gasteiger partial charge < -0.3 is 5.32 Å². The van der Waals surface area contributed by atoms with E-state index in [1.807, 2.05) is 19.1 Å². The number of allylic oxidation sites excluding steroid dienone is 1. The Kier molecular flexibility index (Phi) is 6.79. The van der Waals surface area contributed by atoms with Gasteiger partial charge in [-0.1, -0.05) is 43.9 Å². The molecule has 0 aliphatic rings. The maximum absolute atomic E-state index is 12.3. The third kappa shape index (κ3) is 5.37. The average Bonchev–Trinajstić information content (AvgIpc) is 2.42. The van der Waals surface area contributed by atoms with Gasteiger partial charge >= 0.3 is 0 Å². The lowest BCUT2D eigenvalue weighted by molar-refractivity contribution is 0.603. The highest BCUT2D eigenvalue weighted by atomic mass is 32.2. The van der Waals surface area contributed by atoms with E-state index in [2.05, 4.69) is 12.2 Å². The summed E-state index contributed by atoms with van der Waals surface area (Å²) < 4.78 is 24.6. The summed E-state index contributed by atoms with van der Waals surface area (Å²) in [6.45, 7) is 4.11. The molecule has 0 saturated heterocycles. The zero-order valence-electron chi connectivity index (χ0n) is 12.6. The van der Waals surface area contributed by atoms with Crippen LogP contribution in [0.3, 0.4) is 0 Å². The molecule has 20 heavy (non-hydrogen) atoms. The van der Waals surface area contributed by atoms with Crippen LogP contribution in [0.15, 0.2) is 40.3 Å². The van der Waals surface area contributed by atoms with Gasteiger partial charge in [0.15, 0.2) is 0 Å². The zero-order valence-corrected chi connectivity index (χ0v) is 13.5. The van der Waals surface area contributed by atoms with Crippen LogP contribution in [0.4, 0.5) is 0 Å². The van der Waals surface area contributed by atoms with Gasteiger partial charge in [0, 0.05) is 12.7 Å². The fourth-order valence-electron chi connectivity index (χ4n) is 1.97. The Morgan fingerprint density at radius 2 is 1.80 bits per heavy atom. The highest BCUT2D eigenvalue weighted by molar-refractivity contribution is 7.94. The Morgan fingerprint density at radius 1 is 1.15 bits per heavy atom. The van der Waals surface area contributed by atoms with Crippen molar-refractivity contribution < 1.29 is 8.42 Å². The van der Waals surface area contributed by atoms with Gasteiger partial charge in [-0.15, -0.1) is 0 Å². The molecule has 1 rings (SSSR count). The number of nitrogens with one attached hydrogen (secondary N) is 1. The van der Waals surface area contributed by atoms with Gasteiger partial charge in [0.25, 0.3) is 0 Å². The highest BCUT2D eigenvalue weighted by Crippen LogP contribution is 2.16. The summed E-state index contributed by atoms with van der Waals surface area (Å²) in [7, 11) is -1.58. The molecule has 4 heteroatoms. The van der Waals surface area contributed by atoms with Gasteiger partial charge in [0.05, 0.1) is 10.3 Å². The predicted octanol–water partition coefficient (Wildman–Crippen LogP) is 3.80. The van der Waals surface area contributed by atoms with Crippen LogP contribution in [-0.4, -0.2) is 15.5 Å². The Balaban J connectivity index is 2.79. The summed E-state index contributed by atoms with van der Waals surface area (Å²) in [6, 6.07) is 6.96. The summed E-state index contributed by atoms with van der Waals surface area (Å²) in [5, 5.41) is 4.36. The van der Waals surface area contributed by atoms with Gasteiger partial charge in [0.1, 0.15) is 0 Å². The molecule has 112 valence electrons. The van der Waals surface area contributed by atoms with Crippen LogP contribution in [0, 0.1) is 6.92 Å². The summed E-state index contributed by atoms with van der Waals surface area (Å²) >= 11 is 0. The SMILES string of the molecule is CCCCCC/C(=C\S(=O)(=O)c1ccc(C)cc1)NC. The smallest absolute Gasteiger partial charge is 0.201 e. The van der Waals surface area contributed by atoms with E-state index < -0.39 is 9.84 Å². The molecule has 0 unspecified atom stereocenters. The van der Waals surface area contributed by atoms with E-state index in [0.717, 1.165) is 30.5 Å². The Labute approximate surface area is 123 Å². The second kappa shape index (κ2) is 8.10. The maximum atomic E-state index is 12.3. The van der Waals surface area contributed by atoms with E-state index in [1.54, 1.807) is 19.2 Å². The molecule has 1 aromatic carbocycles. The third-order valence-corrected chi connectivity index (χ3v) is 4.79. The van der Waals surface area contributed by atoms with E-state index in [1.165, 1.54) is 18.2 Å². The van der Waals surface area contributed by atoms with Crippen molar-refractivity contribution in [1.29, 1.82) is 0 Å². The van der Waals surface area contributed by atoms with Gasteiger partial charge in [-0.25, -0.2) is 8.42 Å². The van der Waals surface area contributed by atoms with Crippen molar-refractivity contribution in [1.82, 2.24) is 5.32 Å². The molecule has 0 heterocycles. The molecule has 0 atom stereocenters. The first-order valence-corrected chi connectivity index (χ1v) is 8.74. The van der Waals surface area contributed by atoms with Crippen LogP contribution in [0.2, 0.25) is 0 Å². The second-order valence-corrected chi connectivity index (χ2v) is 6.86. The van der Waals surface area contributed by atoms with E-state index >= 15 is 0 Å². The molecule has 0 aliphatic heterocycles. The Hall–Kier alpha value is -1.29. The molecule has 0 spiro atoms. The second-order valence-electron chi connectivity index (χ2n) is 5.06. The summed E-state index contributed by atoms with van der Waals surface area (Å²) in [5.41, 5.74) is 1.84. The monoisotopic (exact) mass is 295 g/mol. The highest BCUT2D eigenvalue weighted by Gasteiger charge is 2.12. The van der Waals surface area contributed by atoms with E-state index in [-0.39, 0.29) is 0 Å². The summed E-state index contributed by atoms with van der Waals surface area (Å²) in [4.78, 5) is 0.351. The maximum Gasteiger partial charge on any atom is 0.201 e. The van der Waals surface area contributed by atoms with Crippen LogP contribution in [0.5, 0.6) is 0 Å². The third-order valence-electron chi connectivity index (χ3n) is 3.27. The molecule has 0 saturated carbocycles. The number of aryl methyl sites for hydroxylation is 1. The van der Waals surface area contributed by atoms with Crippen LogP contribution in [0.25, 0.3) is 0 Å². The number of unbranched alkanes of at least 4 members (excludes halogenated alkanes) is 3. The largest absolute Gasteiger partial charge is 0.391 e. The van der Waals surface area contributed by atoms with Gasteiger partial charge in [-0.2, -0.15) is 0 Å². The van der Waals surface area contributed by atoms with E-state index in [4.69, 9.17) is 0 Å². The lowest BCUT2D eigenvalue weighted by atomic mass is 10.1. The van der Waals surface area contributed by atoms with Crippen molar-refractivity contribution >= 4 is 9.84 Å². The topological polar surface area (TPSA) is 46.2 Å². The van der Waals surface area contributed by atoms with Crippen molar-refractivity contribution in [2.75, 3.05) is 7.05 Å². The fourth-order valence-corrected chi connectivity index (χ4v) is 3.23. The molecule has 3 nitrogen and oxygen atoms in total. The summed E-state index contributed by atoms with van der Waals surface area (Å²) in [6.07, 6.45) is 5.31. The number of rotatable bonds is 8. The minimum absolute atomic E-state index is 0.351. The van der Waals surface area contributed by atoms with Crippen LogP contribution < -0.4 is 5.32 Å². The number of sulfone groups is 1. The summed E-state index contributed by atoms with van der Waals surface area (Å²) in [5.74, 6) is 0. The molecule has 0 fully saturated rings. The van der Waals surface area contributed by atoms with Crippen molar-refractivity contribution in [3.63, 3.8) is 0 Å². The van der Waals surface area contributed by atoms with Crippen LogP contribution >= 0.6 is 0 Å². The minimum atomic E-state index is -3.36. The molecule has 0 aromatic heterocycles. The average molecular weight is 295 g/mol. The van der Waals surface area contributed by atoms with E-state index in [9.17, 15) is 8.42 Å². The molecule has 0 aliphatic carbocycles. The first-order valence-electron chi connectivity index (χ1n) is 7.19. The zero-order chi connectivity index (χ0) is 15.0. The van der Waals surface area contributed by atoms with Gasteiger partial charge in [-0.05, 0) is 31.9 Å². The van der Waals surface area contributed by atoms with Crippen LogP contribution in [0.1, 0.15) is 44.6 Å². The Morgan fingerprint density at radius 3 is 2.35 bits per heavy atom. The van der Waals surface area contributed by atoms with Crippen molar-refractivity contribution in [3.05, 3.63) is 40.9 Å². The number of benzene rings is 1. The normalized spacial score (nSPS) is 12.4.